The molecule has 1 atom stereocenters. The number of nitrogens with one attached hydrogen (secondary N) is 1. The number of nitrogens with zero attached hydrogens (tertiary/aromatic N) is 2. The number of benzene rings is 2. The van der Waals surface area contributed by atoms with Crippen LogP contribution in [0.5, 0.6) is 0 Å². The van der Waals surface area contributed by atoms with Crippen LogP contribution in [0.15, 0.2) is 54.6 Å². The molecular weight excluding hydrogens is 542 g/mol. The minimum Gasteiger partial charge on any atom is -0.473 e. The van der Waals surface area contributed by atoms with Gasteiger partial charge in [0.2, 0.25) is 10.0 Å². The summed E-state index contributed by atoms with van der Waals surface area (Å²) in [4.78, 5) is 23.3. The van der Waals surface area contributed by atoms with E-state index in [0.29, 0.717) is 0 Å². The van der Waals surface area contributed by atoms with E-state index in [1.54, 1.807) is 0 Å². The Balaban J connectivity index is 0.000000631. The van der Waals surface area contributed by atoms with E-state index in [0.717, 1.165) is 76.3 Å². The Labute approximate surface area is 235 Å². The van der Waals surface area contributed by atoms with Crippen molar-refractivity contribution in [3.8, 4) is 0 Å². The summed E-state index contributed by atoms with van der Waals surface area (Å²) >= 11 is 6.32. The third kappa shape index (κ3) is 11.3. The van der Waals surface area contributed by atoms with E-state index < -0.39 is 22.0 Å². The van der Waals surface area contributed by atoms with Crippen molar-refractivity contribution in [1.82, 2.24) is 14.5 Å². The quantitative estimate of drug-likeness (QED) is 0.256. The van der Waals surface area contributed by atoms with Gasteiger partial charge in [0.05, 0.1) is 11.8 Å². The summed E-state index contributed by atoms with van der Waals surface area (Å²) in [7, 11) is -3.06. The van der Waals surface area contributed by atoms with E-state index in [2.05, 4.69) is 57.0 Å². The van der Waals surface area contributed by atoms with Gasteiger partial charge in [0.25, 0.3) is 0 Å². The zero-order valence-electron chi connectivity index (χ0n) is 22.0. The fourth-order valence-corrected chi connectivity index (χ4v) is 6.31. The highest BCUT2D eigenvalue weighted by atomic mass is 35.5. The third-order valence-electron chi connectivity index (χ3n) is 6.80. The van der Waals surface area contributed by atoms with Crippen molar-refractivity contribution in [2.75, 3.05) is 38.5 Å². The Morgan fingerprint density at radius 3 is 2.08 bits per heavy atom. The van der Waals surface area contributed by atoms with Gasteiger partial charge >= 0.3 is 11.9 Å². The van der Waals surface area contributed by atoms with Gasteiger partial charge in [0, 0.05) is 37.2 Å². The topological polar surface area (TPSA) is 127 Å². The molecule has 0 radical (unpaired) electrons. The number of carbonyl (C=O) groups is 2. The maximum atomic E-state index is 11.9. The molecule has 2 aromatic rings. The standard InChI is InChI=1S/C26H36ClN3O2S.C2H2O4/c27-24-12-8-11-23(21-24)26(22-9-4-3-5-10-22)30-18-16-29(17-19-30)15-6-1-2-7-20-33(31,32)28-25-13-14-25;3-1(4)2(5)6/h3-5,8-12,21,25-26,28H,1-2,6-7,13-20H2;(H,3,4)(H,5,6). The van der Waals surface area contributed by atoms with Crippen LogP contribution in [0.25, 0.3) is 0 Å². The number of halogens is 1. The van der Waals surface area contributed by atoms with E-state index in [-0.39, 0.29) is 17.8 Å². The molecule has 2 aromatic carbocycles. The van der Waals surface area contributed by atoms with Crippen LogP contribution in [0.4, 0.5) is 0 Å². The van der Waals surface area contributed by atoms with Crippen LogP contribution in [0.1, 0.15) is 55.7 Å². The van der Waals surface area contributed by atoms with Crippen molar-refractivity contribution in [3.63, 3.8) is 0 Å². The Hall–Kier alpha value is -2.50. The Morgan fingerprint density at radius 1 is 0.872 bits per heavy atom. The molecule has 1 aliphatic heterocycles. The second kappa shape index (κ2) is 15.3. The molecule has 2 aliphatic rings. The number of hydrogen-bond acceptors (Lipinski definition) is 6. The van der Waals surface area contributed by atoms with E-state index in [4.69, 9.17) is 31.4 Å². The summed E-state index contributed by atoms with van der Waals surface area (Å²) in [5, 5.41) is 15.6. The number of hydrogen-bond donors (Lipinski definition) is 3. The first kappa shape index (κ1) is 31.0. The van der Waals surface area contributed by atoms with Gasteiger partial charge in [0.15, 0.2) is 0 Å². The number of carboxylic acids is 2. The lowest BCUT2D eigenvalue weighted by atomic mass is 9.96. The molecule has 1 aliphatic carbocycles. The number of sulfonamides is 1. The zero-order valence-corrected chi connectivity index (χ0v) is 23.6. The minimum atomic E-state index is -3.06. The fourth-order valence-electron chi connectivity index (χ4n) is 4.67. The number of carboxylic acid groups (broad SMARTS) is 2. The van der Waals surface area contributed by atoms with E-state index >= 15 is 0 Å². The predicted molar refractivity (Wildman–Crippen MR) is 151 cm³/mol. The van der Waals surface area contributed by atoms with Gasteiger partial charge in [-0.1, -0.05) is 66.9 Å². The van der Waals surface area contributed by atoms with Crippen molar-refractivity contribution < 1.29 is 28.2 Å². The molecule has 0 bridgehead atoms. The predicted octanol–water partition coefficient (Wildman–Crippen LogP) is 3.84. The molecular formula is C28H38ClN3O6S. The Bertz CT molecular complexity index is 1160. The molecule has 11 heteroatoms. The summed E-state index contributed by atoms with van der Waals surface area (Å²) in [6.07, 6.45) is 5.96. The maximum Gasteiger partial charge on any atom is 0.414 e. The van der Waals surface area contributed by atoms with E-state index in [1.165, 1.54) is 11.1 Å². The van der Waals surface area contributed by atoms with Gasteiger partial charge < -0.3 is 15.1 Å². The van der Waals surface area contributed by atoms with Crippen molar-refractivity contribution in [2.24, 2.45) is 0 Å². The molecule has 2 fully saturated rings. The summed E-state index contributed by atoms with van der Waals surface area (Å²) in [5.41, 5.74) is 2.55. The lowest BCUT2D eigenvalue weighted by molar-refractivity contribution is -0.159. The van der Waals surface area contributed by atoms with Crippen LogP contribution >= 0.6 is 11.6 Å². The lowest BCUT2D eigenvalue weighted by Crippen LogP contribution is -2.48. The van der Waals surface area contributed by atoms with Gasteiger partial charge in [-0.05, 0) is 55.5 Å². The zero-order chi connectivity index (χ0) is 28.3. The number of rotatable bonds is 12. The maximum absolute atomic E-state index is 11.9. The molecule has 0 spiro atoms. The highest BCUT2D eigenvalue weighted by molar-refractivity contribution is 7.89. The summed E-state index contributed by atoms with van der Waals surface area (Å²) in [5.74, 6) is -3.38. The number of aliphatic carboxylic acids is 2. The lowest BCUT2D eigenvalue weighted by Gasteiger charge is -2.40. The molecule has 0 amide bonds. The Morgan fingerprint density at radius 2 is 1.49 bits per heavy atom. The normalized spacial score (nSPS) is 17.2. The molecule has 1 heterocycles. The van der Waals surface area contributed by atoms with Crippen LogP contribution in [-0.4, -0.2) is 84.9 Å². The molecule has 0 aromatic heterocycles. The van der Waals surface area contributed by atoms with E-state index in [1.807, 2.05) is 12.1 Å². The van der Waals surface area contributed by atoms with Crippen LogP contribution in [0, 0.1) is 0 Å². The highest BCUT2D eigenvalue weighted by Crippen LogP contribution is 2.31. The highest BCUT2D eigenvalue weighted by Gasteiger charge is 2.27. The third-order valence-corrected chi connectivity index (χ3v) is 8.55. The minimum absolute atomic E-state index is 0.217. The van der Waals surface area contributed by atoms with Gasteiger partial charge in [-0.15, -0.1) is 0 Å². The smallest absolute Gasteiger partial charge is 0.414 e. The van der Waals surface area contributed by atoms with Crippen LogP contribution < -0.4 is 4.72 Å². The molecule has 1 unspecified atom stereocenters. The first-order valence-electron chi connectivity index (χ1n) is 13.4. The van der Waals surface area contributed by atoms with Crippen molar-refractivity contribution >= 4 is 33.6 Å². The molecule has 1 saturated heterocycles. The van der Waals surface area contributed by atoms with E-state index in [9.17, 15) is 8.42 Å². The largest absolute Gasteiger partial charge is 0.473 e. The van der Waals surface area contributed by atoms with Gasteiger partial charge in [-0.25, -0.2) is 22.7 Å². The molecule has 9 nitrogen and oxygen atoms in total. The van der Waals surface area contributed by atoms with Crippen molar-refractivity contribution in [2.45, 2.75) is 50.6 Å². The molecule has 3 N–H and O–H groups in total. The Kier molecular flexibility index (Phi) is 12.2. The second-order valence-corrected chi connectivity index (χ2v) is 12.3. The average Bonchev–Trinajstić information content (AvgIpc) is 3.71. The summed E-state index contributed by atoms with van der Waals surface area (Å²) in [6, 6.07) is 19.4. The average molecular weight is 580 g/mol. The van der Waals surface area contributed by atoms with Crippen molar-refractivity contribution in [1.29, 1.82) is 0 Å². The monoisotopic (exact) mass is 579 g/mol. The molecule has 39 heavy (non-hydrogen) atoms. The number of unbranched alkanes of at least 4 members (excludes halogenated alkanes) is 3. The van der Waals surface area contributed by atoms with Gasteiger partial charge in [-0.3, -0.25) is 4.90 Å². The van der Waals surface area contributed by atoms with Crippen molar-refractivity contribution in [3.05, 3.63) is 70.7 Å². The first-order chi connectivity index (χ1) is 18.6. The van der Waals surface area contributed by atoms with Crippen LogP contribution in [-0.2, 0) is 19.6 Å². The first-order valence-corrected chi connectivity index (χ1v) is 15.4. The second-order valence-electron chi connectivity index (χ2n) is 9.98. The molecule has 1 saturated carbocycles. The van der Waals surface area contributed by atoms with Crippen LogP contribution in [0.2, 0.25) is 5.02 Å². The fraction of sp³-hybridized carbons (Fsp3) is 0.500. The molecule has 214 valence electrons. The number of piperazine rings is 1. The summed E-state index contributed by atoms with van der Waals surface area (Å²) in [6.45, 7) is 5.26. The van der Waals surface area contributed by atoms with Gasteiger partial charge in [0.1, 0.15) is 0 Å². The van der Waals surface area contributed by atoms with Gasteiger partial charge in [-0.2, -0.15) is 0 Å². The summed E-state index contributed by atoms with van der Waals surface area (Å²) < 4.78 is 26.6. The van der Waals surface area contributed by atoms with Crippen LogP contribution in [0.3, 0.4) is 0 Å². The molecule has 4 rings (SSSR count). The SMILES string of the molecule is O=C(O)C(=O)O.O=S(=O)(CCCCCCN1CCN(C(c2ccccc2)c2cccc(Cl)c2)CC1)NC1CC1.